The third-order valence-electron chi connectivity index (χ3n) is 12.1. The summed E-state index contributed by atoms with van der Waals surface area (Å²) in [6.07, 6.45) is 0. The monoisotopic (exact) mass is 728 g/mol. The van der Waals surface area contributed by atoms with E-state index in [1.807, 2.05) is 0 Å². The number of hydrogen-bond donors (Lipinski definition) is 0. The zero-order chi connectivity index (χ0) is 39.3. The van der Waals surface area contributed by atoms with E-state index in [1.54, 1.807) is 0 Å². The fraction of sp³-hybridized carbons (Fsp3) is 0.245. The molecule has 2 nitrogen and oxygen atoms in total. The maximum atomic E-state index is 2.58. The Morgan fingerprint density at radius 2 is 0.946 bits per heavy atom. The molecule has 0 bridgehead atoms. The van der Waals surface area contributed by atoms with Gasteiger partial charge in [0.1, 0.15) is 0 Å². The number of nitrogens with zero attached hydrogens (tertiary/aromatic N) is 2. The molecule has 0 atom stereocenters. The lowest BCUT2D eigenvalue weighted by Gasteiger charge is -2.45. The first kappa shape index (κ1) is 36.1. The first-order valence-electron chi connectivity index (χ1n) is 20.3. The molecule has 0 fully saturated rings. The molecule has 2 aliphatic heterocycles. The Hall–Kier alpha value is -5.54. The highest BCUT2D eigenvalue weighted by Crippen LogP contribution is 2.48. The molecule has 7 aromatic rings. The van der Waals surface area contributed by atoms with Gasteiger partial charge in [-0.3, -0.25) is 0 Å². The van der Waals surface area contributed by atoms with Gasteiger partial charge < -0.3 is 9.80 Å². The molecular formula is C53H53BN2. The van der Waals surface area contributed by atoms with Crippen LogP contribution in [0.4, 0.5) is 34.1 Å². The third-order valence-corrected chi connectivity index (χ3v) is 12.1. The van der Waals surface area contributed by atoms with Gasteiger partial charge in [-0.25, -0.2) is 0 Å². The molecule has 0 amide bonds. The SMILES string of the molecule is Cc1cccc(-c2cc3c4c(c2)N(c2cccc5ccccc25)c2ccc(C(C)(C)C)cc2B4c2cc(C(C)(C)C)ccc2N3c2ccc(C(C)(C)C)cc2)c1. The number of benzene rings is 7. The van der Waals surface area contributed by atoms with E-state index in [1.165, 1.54) is 94.7 Å². The molecule has 2 aliphatic rings. The fourth-order valence-electron chi connectivity index (χ4n) is 8.98. The first-order chi connectivity index (χ1) is 26.6. The summed E-state index contributed by atoms with van der Waals surface area (Å²) in [5, 5.41) is 2.49. The van der Waals surface area contributed by atoms with E-state index in [4.69, 9.17) is 0 Å². The second-order valence-electron chi connectivity index (χ2n) is 19.2. The van der Waals surface area contributed by atoms with Gasteiger partial charge in [-0.05, 0) is 115 Å². The standard InChI is InChI=1S/C53H53BN2/c1-34-15-13-18-36(29-34)37-30-48-50-49(31-37)56(45-20-14-17-35-16-11-12-19-42(35)45)47-28-24-40(53(8,9)10)33-44(47)54(50)43-32-39(52(5,6)7)23-27-46(43)55(48)41-25-21-38(22-26-41)51(2,3)4/h11-33H,1-10H3. The first-order valence-corrected chi connectivity index (χ1v) is 20.3. The molecular weight excluding hydrogens is 675 g/mol. The molecule has 0 saturated carbocycles. The van der Waals surface area contributed by atoms with Crippen molar-refractivity contribution in [3.8, 4) is 11.1 Å². The lowest BCUT2D eigenvalue weighted by molar-refractivity contribution is 0.590. The summed E-state index contributed by atoms with van der Waals surface area (Å²) in [6, 6.07) is 53.5. The highest BCUT2D eigenvalue weighted by Gasteiger charge is 2.44. The summed E-state index contributed by atoms with van der Waals surface area (Å²) in [5.41, 5.74) is 19.2. The van der Waals surface area contributed by atoms with E-state index in [0.29, 0.717) is 0 Å². The Balaban J connectivity index is 1.44. The van der Waals surface area contributed by atoms with Gasteiger partial charge in [-0.15, -0.1) is 0 Å². The van der Waals surface area contributed by atoms with Crippen LogP contribution in [0.3, 0.4) is 0 Å². The van der Waals surface area contributed by atoms with Crippen molar-refractivity contribution in [3.63, 3.8) is 0 Å². The average Bonchev–Trinajstić information content (AvgIpc) is 3.16. The number of aryl methyl sites for hydroxylation is 1. The smallest absolute Gasteiger partial charge is 0.252 e. The molecule has 0 aliphatic carbocycles. The van der Waals surface area contributed by atoms with E-state index in [9.17, 15) is 0 Å². The van der Waals surface area contributed by atoms with E-state index in [-0.39, 0.29) is 23.0 Å². The van der Waals surface area contributed by atoms with Crippen LogP contribution in [0.15, 0.2) is 140 Å². The molecule has 0 aromatic heterocycles. The van der Waals surface area contributed by atoms with Gasteiger partial charge in [0.25, 0.3) is 6.71 Å². The summed E-state index contributed by atoms with van der Waals surface area (Å²) < 4.78 is 0. The van der Waals surface area contributed by atoms with Gasteiger partial charge in [-0.2, -0.15) is 0 Å². The number of anilines is 6. The van der Waals surface area contributed by atoms with E-state index in [2.05, 4.69) is 219 Å². The van der Waals surface area contributed by atoms with Crippen LogP contribution >= 0.6 is 0 Å². The molecule has 7 aromatic carbocycles. The maximum Gasteiger partial charge on any atom is 0.252 e. The highest BCUT2D eigenvalue weighted by atomic mass is 15.2. The van der Waals surface area contributed by atoms with Crippen LogP contribution in [-0.4, -0.2) is 6.71 Å². The molecule has 0 saturated heterocycles. The summed E-state index contributed by atoms with van der Waals surface area (Å²) in [5.74, 6) is 0. The van der Waals surface area contributed by atoms with Gasteiger partial charge in [0.2, 0.25) is 0 Å². The predicted molar refractivity (Wildman–Crippen MR) is 244 cm³/mol. The molecule has 278 valence electrons. The largest absolute Gasteiger partial charge is 0.311 e. The van der Waals surface area contributed by atoms with Crippen LogP contribution in [0, 0.1) is 6.92 Å². The zero-order valence-corrected chi connectivity index (χ0v) is 34.8. The Bertz CT molecular complexity index is 2660. The third kappa shape index (κ3) is 5.95. The predicted octanol–water partition coefficient (Wildman–Crippen LogP) is 12.8. The van der Waals surface area contributed by atoms with Crippen LogP contribution in [0.25, 0.3) is 21.9 Å². The molecule has 9 rings (SSSR count). The van der Waals surface area contributed by atoms with E-state index >= 15 is 0 Å². The van der Waals surface area contributed by atoms with E-state index < -0.39 is 0 Å². The minimum Gasteiger partial charge on any atom is -0.311 e. The van der Waals surface area contributed by atoms with Crippen molar-refractivity contribution in [2.75, 3.05) is 9.80 Å². The van der Waals surface area contributed by atoms with Crippen LogP contribution in [-0.2, 0) is 16.2 Å². The van der Waals surface area contributed by atoms with Crippen LogP contribution in [0.2, 0.25) is 0 Å². The zero-order valence-electron chi connectivity index (χ0n) is 34.8. The summed E-state index contributed by atoms with van der Waals surface area (Å²) in [6.45, 7) is 23.1. The molecule has 0 N–H and O–H groups in total. The van der Waals surface area contributed by atoms with Crippen molar-refractivity contribution < 1.29 is 0 Å². The second kappa shape index (κ2) is 12.7. The lowest BCUT2D eigenvalue weighted by atomic mass is 9.33. The molecule has 2 heterocycles. The summed E-state index contributed by atoms with van der Waals surface area (Å²) in [4.78, 5) is 5.14. The number of rotatable bonds is 3. The van der Waals surface area contributed by atoms with Gasteiger partial charge >= 0.3 is 0 Å². The Kier molecular flexibility index (Phi) is 8.22. The van der Waals surface area contributed by atoms with Gasteiger partial charge in [-0.1, -0.05) is 165 Å². The highest BCUT2D eigenvalue weighted by molar-refractivity contribution is 7.00. The summed E-state index contributed by atoms with van der Waals surface area (Å²) >= 11 is 0. The molecule has 0 spiro atoms. The minimum atomic E-state index is -0.0109. The number of fused-ring (bicyclic) bond motifs is 5. The average molecular weight is 729 g/mol. The van der Waals surface area contributed by atoms with Crippen molar-refractivity contribution in [1.82, 2.24) is 0 Å². The number of hydrogen-bond acceptors (Lipinski definition) is 2. The van der Waals surface area contributed by atoms with Crippen molar-refractivity contribution in [3.05, 3.63) is 162 Å². The van der Waals surface area contributed by atoms with Gasteiger partial charge in [0.05, 0.1) is 5.69 Å². The van der Waals surface area contributed by atoms with Gasteiger partial charge in [0, 0.05) is 33.8 Å². The Labute approximate surface area is 334 Å². The normalized spacial score (nSPS) is 13.8. The minimum absolute atomic E-state index is 0.00784. The van der Waals surface area contributed by atoms with Crippen molar-refractivity contribution in [2.45, 2.75) is 85.5 Å². The quantitative estimate of drug-likeness (QED) is 0.167. The molecule has 0 radical (unpaired) electrons. The molecule has 56 heavy (non-hydrogen) atoms. The van der Waals surface area contributed by atoms with Crippen LogP contribution in [0.1, 0.15) is 84.6 Å². The summed E-state index contributed by atoms with van der Waals surface area (Å²) in [7, 11) is 0. The molecule has 0 unspecified atom stereocenters. The van der Waals surface area contributed by atoms with Gasteiger partial charge in [0.15, 0.2) is 0 Å². The fourth-order valence-corrected chi connectivity index (χ4v) is 8.98. The van der Waals surface area contributed by atoms with E-state index in [0.717, 1.165) is 0 Å². The Morgan fingerprint density at radius 3 is 1.55 bits per heavy atom. The topological polar surface area (TPSA) is 6.48 Å². The van der Waals surface area contributed by atoms with Crippen LogP contribution < -0.4 is 26.2 Å². The maximum absolute atomic E-state index is 2.58. The molecule has 3 heteroatoms. The van der Waals surface area contributed by atoms with Crippen molar-refractivity contribution in [1.29, 1.82) is 0 Å². The van der Waals surface area contributed by atoms with Crippen molar-refractivity contribution >= 4 is 68.0 Å². The Morgan fingerprint density at radius 1 is 0.411 bits per heavy atom. The lowest BCUT2D eigenvalue weighted by Crippen LogP contribution is -2.61. The van der Waals surface area contributed by atoms with Crippen molar-refractivity contribution in [2.24, 2.45) is 0 Å². The second-order valence-corrected chi connectivity index (χ2v) is 19.2. The van der Waals surface area contributed by atoms with Crippen LogP contribution in [0.5, 0.6) is 0 Å².